The second-order valence-electron chi connectivity index (χ2n) is 7.52. The minimum absolute atomic E-state index is 0.0266. The average molecular weight is 358 g/mol. The van der Waals surface area contributed by atoms with Gasteiger partial charge in [0, 0.05) is 23.9 Å². The Morgan fingerprint density at radius 2 is 1.85 bits per heavy atom. The summed E-state index contributed by atoms with van der Waals surface area (Å²) in [5, 5.41) is 0. The van der Waals surface area contributed by atoms with Crippen LogP contribution in [0.3, 0.4) is 0 Å². The molecule has 2 heterocycles. The van der Waals surface area contributed by atoms with Gasteiger partial charge in [0.2, 0.25) is 5.90 Å². The number of esters is 1. The van der Waals surface area contributed by atoms with Crippen molar-refractivity contribution in [1.29, 1.82) is 0 Å². The fraction of sp³-hybridized carbons (Fsp3) is 0.217. The van der Waals surface area contributed by atoms with Crippen LogP contribution >= 0.6 is 0 Å². The number of carbonyl (C=O) groups excluding carboxylic acids is 1. The number of anilines is 1. The highest BCUT2D eigenvalue weighted by Gasteiger charge is 2.29. The molecule has 2 aliphatic heterocycles. The summed E-state index contributed by atoms with van der Waals surface area (Å²) in [6.07, 6.45) is 4.05. The van der Waals surface area contributed by atoms with Gasteiger partial charge in [-0.05, 0) is 62.2 Å². The molecule has 0 amide bonds. The van der Waals surface area contributed by atoms with E-state index in [0.717, 1.165) is 11.1 Å². The maximum absolute atomic E-state index is 12.2. The van der Waals surface area contributed by atoms with Gasteiger partial charge in [-0.3, -0.25) is 0 Å². The van der Waals surface area contributed by atoms with Gasteiger partial charge in [-0.1, -0.05) is 30.3 Å². The van der Waals surface area contributed by atoms with Crippen LogP contribution in [-0.4, -0.2) is 24.5 Å². The summed E-state index contributed by atoms with van der Waals surface area (Å²) in [6, 6.07) is 15.7. The summed E-state index contributed by atoms with van der Waals surface area (Å²) in [5.74, 6) is -0.0699. The summed E-state index contributed by atoms with van der Waals surface area (Å²) in [7, 11) is 2.10. The van der Waals surface area contributed by atoms with Crippen LogP contribution < -0.4 is 4.90 Å². The van der Waals surface area contributed by atoms with Gasteiger partial charge in [0.1, 0.15) is 0 Å². The van der Waals surface area contributed by atoms with Crippen molar-refractivity contribution < 1.29 is 9.53 Å². The Hall–Kier alpha value is -3.14. The third-order valence-electron chi connectivity index (χ3n) is 5.19. The van der Waals surface area contributed by atoms with Crippen LogP contribution in [0, 0.1) is 0 Å². The minimum atomic E-state index is -0.419. The molecule has 27 heavy (non-hydrogen) atoms. The zero-order chi connectivity index (χ0) is 19.2. The molecule has 2 aliphatic rings. The fourth-order valence-electron chi connectivity index (χ4n) is 3.54. The molecule has 0 saturated carbocycles. The van der Waals surface area contributed by atoms with Crippen molar-refractivity contribution in [2.75, 3.05) is 11.9 Å². The molecule has 0 bridgehead atoms. The Bertz CT molecular complexity index is 1010. The first-order valence-corrected chi connectivity index (χ1v) is 9.01. The summed E-state index contributed by atoms with van der Waals surface area (Å²) >= 11 is 0. The highest BCUT2D eigenvalue weighted by molar-refractivity contribution is 6.12. The molecule has 0 fully saturated rings. The van der Waals surface area contributed by atoms with E-state index in [-0.39, 0.29) is 5.54 Å². The second-order valence-corrected chi connectivity index (χ2v) is 7.52. The number of nitrogens with zero attached hydrogens (tertiary/aromatic N) is 2. The lowest BCUT2D eigenvalue weighted by atomic mass is 9.88. The average Bonchev–Trinajstić information content (AvgIpc) is 3.01. The van der Waals surface area contributed by atoms with Crippen LogP contribution in [0.1, 0.15) is 37.5 Å². The van der Waals surface area contributed by atoms with E-state index in [9.17, 15) is 4.79 Å². The number of allylic oxidation sites excluding steroid dienone is 1. The van der Waals surface area contributed by atoms with E-state index in [1.54, 1.807) is 6.08 Å². The second kappa shape index (κ2) is 6.23. The molecule has 2 aromatic rings. The van der Waals surface area contributed by atoms with Crippen LogP contribution in [0.25, 0.3) is 11.6 Å². The van der Waals surface area contributed by atoms with E-state index in [1.807, 2.05) is 36.4 Å². The fourth-order valence-corrected chi connectivity index (χ4v) is 3.54. The molecule has 4 rings (SSSR count). The molecule has 0 aromatic heterocycles. The maximum Gasteiger partial charge on any atom is 0.363 e. The number of aliphatic imine (C=N–C) groups is 1. The smallest absolute Gasteiger partial charge is 0.363 e. The molecule has 0 atom stereocenters. The number of hydrogen-bond acceptors (Lipinski definition) is 4. The molecule has 2 aromatic carbocycles. The normalized spacial score (nSPS) is 19.5. The topological polar surface area (TPSA) is 41.9 Å². The Morgan fingerprint density at radius 3 is 2.59 bits per heavy atom. The predicted octanol–water partition coefficient (Wildman–Crippen LogP) is 4.66. The van der Waals surface area contributed by atoms with E-state index in [1.165, 1.54) is 16.8 Å². The van der Waals surface area contributed by atoms with Gasteiger partial charge in [-0.15, -0.1) is 0 Å². The van der Waals surface area contributed by atoms with Crippen molar-refractivity contribution in [1.82, 2.24) is 0 Å². The molecule has 0 unspecified atom stereocenters. The van der Waals surface area contributed by atoms with Crippen LogP contribution in [0.15, 0.2) is 65.3 Å². The first-order valence-electron chi connectivity index (χ1n) is 9.01. The first-order chi connectivity index (χ1) is 12.8. The molecule has 0 aliphatic carbocycles. The van der Waals surface area contributed by atoms with Gasteiger partial charge in [-0.25, -0.2) is 9.79 Å². The van der Waals surface area contributed by atoms with Gasteiger partial charge in [0.05, 0.1) is 5.54 Å². The number of rotatable bonds is 2. The highest BCUT2D eigenvalue weighted by Crippen LogP contribution is 2.38. The number of hydrogen-bond donors (Lipinski definition) is 0. The van der Waals surface area contributed by atoms with Crippen molar-refractivity contribution in [3.63, 3.8) is 0 Å². The molecule has 0 saturated heterocycles. The lowest BCUT2D eigenvalue weighted by molar-refractivity contribution is -0.129. The third kappa shape index (κ3) is 3.08. The molecule has 0 radical (unpaired) electrons. The molecule has 0 N–H and O–H groups in total. The highest BCUT2D eigenvalue weighted by atomic mass is 16.6. The Labute approximate surface area is 159 Å². The minimum Gasteiger partial charge on any atom is -0.402 e. The standard InChI is InChI=1S/C23H22N2O2/c1-15-14-23(2,3)25(4)20-11-10-16(12-18(15)20)13-19-22(26)27-21(24-19)17-8-6-5-7-9-17/h5-14H,1-4H3/b19-13-. The van der Waals surface area contributed by atoms with E-state index in [4.69, 9.17) is 4.74 Å². The number of likely N-dealkylation sites (N-methyl/N-ethyl adjacent to an activating group) is 1. The van der Waals surface area contributed by atoms with Crippen LogP contribution in [0.2, 0.25) is 0 Å². The summed E-state index contributed by atoms with van der Waals surface area (Å²) in [5.41, 5.74) is 5.61. The third-order valence-corrected chi connectivity index (χ3v) is 5.19. The van der Waals surface area contributed by atoms with Gasteiger partial charge in [-0.2, -0.15) is 0 Å². The number of carbonyl (C=O) groups is 1. The molecular formula is C23H22N2O2. The summed E-state index contributed by atoms with van der Waals surface area (Å²) in [4.78, 5) is 18.9. The van der Waals surface area contributed by atoms with E-state index < -0.39 is 5.97 Å². The van der Waals surface area contributed by atoms with Gasteiger partial charge >= 0.3 is 5.97 Å². The monoisotopic (exact) mass is 358 g/mol. The zero-order valence-corrected chi connectivity index (χ0v) is 16.0. The molecular weight excluding hydrogens is 336 g/mol. The first kappa shape index (κ1) is 17.3. The maximum atomic E-state index is 12.2. The lowest BCUT2D eigenvalue weighted by Crippen LogP contribution is -2.42. The summed E-state index contributed by atoms with van der Waals surface area (Å²) < 4.78 is 5.33. The quantitative estimate of drug-likeness (QED) is 0.579. The molecule has 136 valence electrons. The number of fused-ring (bicyclic) bond motifs is 1. The van der Waals surface area contributed by atoms with Crippen molar-refractivity contribution in [3.8, 4) is 0 Å². The number of cyclic esters (lactones) is 1. The van der Waals surface area contributed by atoms with E-state index in [0.29, 0.717) is 11.6 Å². The van der Waals surface area contributed by atoms with Crippen molar-refractivity contribution >= 4 is 29.2 Å². The summed E-state index contributed by atoms with van der Waals surface area (Å²) in [6.45, 7) is 6.52. The lowest BCUT2D eigenvalue weighted by Gasteiger charge is -2.40. The van der Waals surface area contributed by atoms with Gasteiger partial charge < -0.3 is 9.64 Å². The zero-order valence-electron chi connectivity index (χ0n) is 16.0. The van der Waals surface area contributed by atoms with Crippen LogP contribution in [-0.2, 0) is 9.53 Å². The molecule has 4 nitrogen and oxygen atoms in total. The van der Waals surface area contributed by atoms with E-state index in [2.05, 4.69) is 55.9 Å². The number of benzene rings is 2. The van der Waals surface area contributed by atoms with Gasteiger partial charge in [0.25, 0.3) is 0 Å². The molecule has 0 spiro atoms. The predicted molar refractivity (Wildman–Crippen MR) is 110 cm³/mol. The van der Waals surface area contributed by atoms with Crippen molar-refractivity contribution in [3.05, 3.63) is 77.0 Å². The van der Waals surface area contributed by atoms with Gasteiger partial charge in [0.15, 0.2) is 5.70 Å². The number of ether oxygens (including phenoxy) is 1. The van der Waals surface area contributed by atoms with Crippen molar-refractivity contribution in [2.24, 2.45) is 4.99 Å². The molecule has 4 heteroatoms. The van der Waals surface area contributed by atoms with E-state index >= 15 is 0 Å². The SMILES string of the molecule is CC1=CC(C)(C)N(C)c2ccc(/C=C3\N=C(c4ccccc4)OC3=O)cc21. The van der Waals surface area contributed by atoms with Crippen LogP contribution in [0.4, 0.5) is 5.69 Å². The largest absolute Gasteiger partial charge is 0.402 e. The Morgan fingerprint density at radius 1 is 1.11 bits per heavy atom. The Kier molecular flexibility index (Phi) is 3.99. The van der Waals surface area contributed by atoms with Crippen molar-refractivity contribution in [2.45, 2.75) is 26.3 Å². The Balaban J connectivity index is 1.71. The van der Waals surface area contributed by atoms with Crippen LogP contribution in [0.5, 0.6) is 0 Å².